The van der Waals surface area contributed by atoms with Crippen LogP contribution in [0.1, 0.15) is 31.9 Å². The van der Waals surface area contributed by atoms with Crippen molar-refractivity contribution in [3.05, 3.63) is 33.8 Å². The van der Waals surface area contributed by atoms with Gasteiger partial charge in [0.25, 0.3) is 0 Å². The summed E-state index contributed by atoms with van der Waals surface area (Å²) >= 11 is 3.18. The lowest BCUT2D eigenvalue weighted by molar-refractivity contribution is -0.139. The van der Waals surface area contributed by atoms with Gasteiger partial charge < -0.3 is 14.8 Å². The van der Waals surface area contributed by atoms with E-state index in [2.05, 4.69) is 21.2 Å². The summed E-state index contributed by atoms with van der Waals surface area (Å²) in [4.78, 5) is 12.0. The van der Waals surface area contributed by atoms with Crippen molar-refractivity contribution in [3.8, 4) is 0 Å². The molecule has 134 valence electrons. The number of alkyl halides is 3. The van der Waals surface area contributed by atoms with Gasteiger partial charge in [-0.05, 0) is 38.5 Å². The molecule has 1 aromatic rings. The third-order valence-corrected chi connectivity index (χ3v) is 4.21. The van der Waals surface area contributed by atoms with Crippen LogP contribution < -0.4 is 5.32 Å². The highest BCUT2D eigenvalue weighted by atomic mass is 79.9. The van der Waals surface area contributed by atoms with Crippen LogP contribution in [0.2, 0.25) is 0 Å². The number of nitrogens with one attached hydrogen (secondary N) is 1. The van der Waals surface area contributed by atoms with Gasteiger partial charge in [-0.1, -0.05) is 22.0 Å². The smallest absolute Gasteiger partial charge is 0.416 e. The van der Waals surface area contributed by atoms with Crippen LogP contribution in [0, 0.1) is 0 Å². The van der Waals surface area contributed by atoms with Crippen LogP contribution in [0.4, 0.5) is 18.0 Å². The Morgan fingerprint density at radius 3 is 2.42 bits per heavy atom. The molecule has 1 aliphatic heterocycles. The molecular weight excluding hydrogens is 391 g/mol. The third-order valence-electron chi connectivity index (χ3n) is 3.46. The number of rotatable bonds is 3. The van der Waals surface area contributed by atoms with Crippen LogP contribution in [-0.2, 0) is 22.1 Å². The fraction of sp³-hybridized carbons (Fsp3) is 0.562. The molecular formula is C16H19BrF3NO3. The lowest BCUT2D eigenvalue weighted by Gasteiger charge is -2.42. The molecule has 1 heterocycles. The van der Waals surface area contributed by atoms with Crippen LogP contribution >= 0.6 is 15.9 Å². The van der Waals surface area contributed by atoms with E-state index < -0.39 is 29.0 Å². The second-order valence-corrected chi connectivity index (χ2v) is 7.69. The number of benzene rings is 1. The summed E-state index contributed by atoms with van der Waals surface area (Å²) < 4.78 is 50.4. The van der Waals surface area contributed by atoms with Gasteiger partial charge in [-0.25, -0.2) is 4.79 Å². The molecule has 1 saturated heterocycles. The zero-order valence-corrected chi connectivity index (χ0v) is 15.2. The van der Waals surface area contributed by atoms with Crippen molar-refractivity contribution in [2.45, 2.75) is 44.5 Å². The van der Waals surface area contributed by atoms with Crippen LogP contribution in [0.3, 0.4) is 0 Å². The summed E-state index contributed by atoms with van der Waals surface area (Å²) in [5.41, 5.74) is -2.24. The molecule has 0 bridgehead atoms. The number of ether oxygens (including phenoxy) is 2. The Bertz CT molecular complexity index is 622. The van der Waals surface area contributed by atoms with Crippen molar-refractivity contribution in [1.29, 1.82) is 0 Å². The van der Waals surface area contributed by atoms with Gasteiger partial charge in [-0.2, -0.15) is 13.2 Å². The van der Waals surface area contributed by atoms with Crippen molar-refractivity contribution < 1.29 is 27.4 Å². The summed E-state index contributed by atoms with van der Waals surface area (Å²) in [6.45, 7) is 5.40. The van der Waals surface area contributed by atoms with E-state index in [0.29, 0.717) is 4.47 Å². The molecule has 24 heavy (non-hydrogen) atoms. The minimum Gasteiger partial charge on any atom is -0.444 e. The number of carbonyl (C=O) groups is 1. The molecule has 0 spiro atoms. The van der Waals surface area contributed by atoms with Crippen molar-refractivity contribution >= 4 is 22.0 Å². The summed E-state index contributed by atoms with van der Waals surface area (Å²) in [6, 6.07) is 3.91. The molecule has 1 aromatic carbocycles. The number of halogens is 4. The average Bonchev–Trinajstić information content (AvgIpc) is 2.34. The zero-order chi connectivity index (χ0) is 18.2. The van der Waals surface area contributed by atoms with Crippen LogP contribution in [0.15, 0.2) is 22.7 Å². The Morgan fingerprint density at radius 1 is 1.33 bits per heavy atom. The lowest BCUT2D eigenvalue weighted by atomic mass is 9.87. The largest absolute Gasteiger partial charge is 0.444 e. The Kier molecular flexibility index (Phi) is 5.20. The lowest BCUT2D eigenvalue weighted by Crippen LogP contribution is -2.64. The Labute approximate surface area is 146 Å². The Hall–Kier alpha value is -1.28. The predicted octanol–water partition coefficient (Wildman–Crippen LogP) is 4.30. The maximum absolute atomic E-state index is 13.2. The van der Waals surface area contributed by atoms with Gasteiger partial charge in [0.05, 0.1) is 24.3 Å². The van der Waals surface area contributed by atoms with Crippen molar-refractivity contribution in [2.75, 3.05) is 13.2 Å². The molecule has 4 nitrogen and oxygen atoms in total. The zero-order valence-electron chi connectivity index (χ0n) is 13.6. The molecule has 1 N–H and O–H groups in total. The van der Waals surface area contributed by atoms with E-state index in [1.807, 2.05) is 0 Å². The monoisotopic (exact) mass is 409 g/mol. The van der Waals surface area contributed by atoms with E-state index in [9.17, 15) is 18.0 Å². The number of amides is 1. The molecule has 0 radical (unpaired) electrons. The molecule has 1 amide bonds. The summed E-state index contributed by atoms with van der Waals surface area (Å²) in [7, 11) is 0. The highest BCUT2D eigenvalue weighted by molar-refractivity contribution is 9.10. The SMILES string of the molecule is CC(C)(C)OC(=O)NC1(Cc2c(Br)cccc2C(F)(F)F)COC1. The van der Waals surface area contributed by atoms with Crippen molar-refractivity contribution in [1.82, 2.24) is 5.32 Å². The van der Waals surface area contributed by atoms with Gasteiger partial charge in [-0.3, -0.25) is 0 Å². The molecule has 8 heteroatoms. The maximum atomic E-state index is 13.2. The standard InChI is InChI=1S/C16H19BrF3NO3/c1-14(2,3)24-13(22)21-15(8-23-9-15)7-10-11(16(18,19)20)5-4-6-12(10)17/h4-6H,7-9H2,1-3H3,(H,21,22). The van der Waals surface area contributed by atoms with E-state index in [0.717, 1.165) is 6.07 Å². The predicted molar refractivity (Wildman–Crippen MR) is 85.8 cm³/mol. The first-order valence-electron chi connectivity index (χ1n) is 7.35. The van der Waals surface area contributed by atoms with Gasteiger partial charge in [0.1, 0.15) is 5.60 Å². The summed E-state index contributed by atoms with van der Waals surface area (Å²) in [5, 5.41) is 2.67. The van der Waals surface area contributed by atoms with E-state index in [1.54, 1.807) is 26.8 Å². The van der Waals surface area contributed by atoms with Gasteiger partial charge in [-0.15, -0.1) is 0 Å². The van der Waals surface area contributed by atoms with Gasteiger partial charge in [0.2, 0.25) is 0 Å². The summed E-state index contributed by atoms with van der Waals surface area (Å²) in [6.07, 6.45) is -5.16. The molecule has 2 rings (SSSR count). The molecule has 0 atom stereocenters. The molecule has 1 fully saturated rings. The van der Waals surface area contributed by atoms with Crippen LogP contribution in [-0.4, -0.2) is 30.4 Å². The third kappa shape index (κ3) is 4.63. The average molecular weight is 410 g/mol. The maximum Gasteiger partial charge on any atom is 0.416 e. The van der Waals surface area contributed by atoms with E-state index in [4.69, 9.17) is 9.47 Å². The number of carbonyl (C=O) groups excluding carboxylic acids is 1. The minimum absolute atomic E-state index is 0.0114. The fourth-order valence-corrected chi connectivity index (χ4v) is 2.94. The fourth-order valence-electron chi connectivity index (χ4n) is 2.43. The number of hydrogen-bond donors (Lipinski definition) is 1. The quantitative estimate of drug-likeness (QED) is 0.809. The molecule has 0 saturated carbocycles. The summed E-state index contributed by atoms with van der Waals surface area (Å²) in [5.74, 6) is 0. The first-order valence-corrected chi connectivity index (χ1v) is 8.15. The molecule has 0 aliphatic carbocycles. The number of alkyl carbamates (subject to hydrolysis) is 1. The number of hydrogen-bond acceptors (Lipinski definition) is 3. The first-order chi connectivity index (χ1) is 10.9. The Morgan fingerprint density at radius 2 is 1.96 bits per heavy atom. The van der Waals surface area contributed by atoms with Gasteiger partial charge in [0, 0.05) is 10.9 Å². The first kappa shape index (κ1) is 19.1. The second kappa shape index (κ2) is 6.55. The van der Waals surface area contributed by atoms with Crippen LogP contribution in [0.5, 0.6) is 0 Å². The highest BCUT2D eigenvalue weighted by Gasteiger charge is 2.44. The molecule has 0 aromatic heterocycles. The van der Waals surface area contributed by atoms with E-state index >= 15 is 0 Å². The van der Waals surface area contributed by atoms with Gasteiger partial charge >= 0.3 is 12.3 Å². The van der Waals surface area contributed by atoms with E-state index in [-0.39, 0.29) is 25.2 Å². The molecule has 1 aliphatic rings. The topological polar surface area (TPSA) is 47.6 Å². The van der Waals surface area contributed by atoms with Crippen molar-refractivity contribution in [3.63, 3.8) is 0 Å². The van der Waals surface area contributed by atoms with Crippen LogP contribution in [0.25, 0.3) is 0 Å². The van der Waals surface area contributed by atoms with E-state index in [1.165, 1.54) is 6.07 Å². The second-order valence-electron chi connectivity index (χ2n) is 6.84. The van der Waals surface area contributed by atoms with Crippen molar-refractivity contribution in [2.24, 2.45) is 0 Å². The normalized spacial score (nSPS) is 17.1. The van der Waals surface area contributed by atoms with Gasteiger partial charge in [0.15, 0.2) is 0 Å². The highest BCUT2D eigenvalue weighted by Crippen LogP contribution is 2.38. The molecule has 0 unspecified atom stereocenters. The minimum atomic E-state index is -4.48. The Balaban J connectivity index is 2.24.